The van der Waals surface area contributed by atoms with Crippen molar-refractivity contribution in [3.63, 3.8) is 0 Å². The van der Waals surface area contributed by atoms with Crippen LogP contribution in [-0.2, 0) is 14.9 Å². The predicted octanol–water partition coefficient (Wildman–Crippen LogP) is 5.49. The van der Waals surface area contributed by atoms with Gasteiger partial charge in [-0.2, -0.15) is 17.8 Å². The Labute approximate surface area is 224 Å². The van der Waals surface area contributed by atoms with Crippen molar-refractivity contribution in [3.05, 3.63) is 83.7 Å². The number of rotatable bonds is 6. The van der Waals surface area contributed by atoms with E-state index in [1.807, 2.05) is 18.4 Å². The SMILES string of the molecule is COC(=O)c1cc(F)cc(-c2c(C(C)C)n(-c3ccc(F)cc3)c3cc4cnn(S(=O)(=O)N(C)C)c4cc23)c1. The van der Waals surface area contributed by atoms with Crippen LogP contribution >= 0.6 is 0 Å². The van der Waals surface area contributed by atoms with E-state index in [0.717, 1.165) is 20.2 Å². The predicted molar refractivity (Wildman–Crippen MR) is 145 cm³/mol. The summed E-state index contributed by atoms with van der Waals surface area (Å²) in [6, 6.07) is 13.4. The van der Waals surface area contributed by atoms with Crippen LogP contribution in [-0.4, -0.2) is 53.7 Å². The summed E-state index contributed by atoms with van der Waals surface area (Å²) in [5, 5.41) is 5.30. The van der Waals surface area contributed by atoms with Crippen molar-refractivity contribution in [3.8, 4) is 16.8 Å². The van der Waals surface area contributed by atoms with Crippen molar-refractivity contribution in [2.75, 3.05) is 21.2 Å². The summed E-state index contributed by atoms with van der Waals surface area (Å²) in [6.45, 7) is 3.94. The third-order valence-corrected chi connectivity index (χ3v) is 8.23. The molecule has 5 aromatic rings. The summed E-state index contributed by atoms with van der Waals surface area (Å²) in [7, 11) is 0.101. The first-order chi connectivity index (χ1) is 18.4. The highest BCUT2D eigenvalue weighted by molar-refractivity contribution is 7.87. The van der Waals surface area contributed by atoms with Gasteiger partial charge in [0.05, 0.1) is 29.9 Å². The topological polar surface area (TPSA) is 86.4 Å². The molecule has 202 valence electrons. The van der Waals surface area contributed by atoms with Gasteiger partial charge in [-0.3, -0.25) is 0 Å². The second-order valence-electron chi connectivity index (χ2n) is 9.65. The molecule has 0 fully saturated rings. The van der Waals surface area contributed by atoms with E-state index >= 15 is 0 Å². The maximum atomic E-state index is 14.9. The monoisotopic (exact) mass is 552 g/mol. The van der Waals surface area contributed by atoms with Gasteiger partial charge in [-0.05, 0) is 66.1 Å². The quantitative estimate of drug-likeness (QED) is 0.260. The molecule has 2 aromatic heterocycles. The van der Waals surface area contributed by atoms with Crippen LogP contribution in [0.3, 0.4) is 0 Å². The number of aromatic nitrogens is 3. The Morgan fingerprint density at radius 3 is 2.28 bits per heavy atom. The highest BCUT2D eigenvalue weighted by atomic mass is 32.2. The third-order valence-electron chi connectivity index (χ3n) is 6.58. The average Bonchev–Trinajstić information content (AvgIpc) is 3.46. The van der Waals surface area contributed by atoms with Crippen LogP contribution in [0.15, 0.2) is 60.8 Å². The van der Waals surface area contributed by atoms with Gasteiger partial charge in [-0.1, -0.05) is 13.8 Å². The molecule has 8 nitrogen and oxygen atoms in total. The number of hydrogen-bond donors (Lipinski definition) is 0. The van der Waals surface area contributed by atoms with Gasteiger partial charge in [0, 0.05) is 41.8 Å². The summed E-state index contributed by atoms with van der Waals surface area (Å²) >= 11 is 0. The molecule has 3 aromatic carbocycles. The van der Waals surface area contributed by atoms with E-state index < -0.39 is 27.8 Å². The van der Waals surface area contributed by atoms with E-state index in [1.54, 1.807) is 30.3 Å². The Balaban J connectivity index is 1.96. The highest BCUT2D eigenvalue weighted by Crippen LogP contribution is 2.42. The average molecular weight is 553 g/mol. The van der Waals surface area contributed by atoms with Gasteiger partial charge in [0.1, 0.15) is 11.6 Å². The Morgan fingerprint density at radius 2 is 1.67 bits per heavy atom. The van der Waals surface area contributed by atoms with Crippen molar-refractivity contribution in [1.29, 1.82) is 0 Å². The fourth-order valence-corrected chi connectivity index (χ4v) is 5.71. The number of nitrogens with zero attached hydrogens (tertiary/aromatic N) is 4. The first-order valence-electron chi connectivity index (χ1n) is 12.1. The zero-order valence-corrected chi connectivity index (χ0v) is 22.8. The van der Waals surface area contributed by atoms with Crippen LogP contribution in [0.1, 0.15) is 35.8 Å². The first kappa shape index (κ1) is 26.5. The molecule has 0 aliphatic rings. The second-order valence-corrected chi connectivity index (χ2v) is 11.6. The van der Waals surface area contributed by atoms with E-state index in [9.17, 15) is 22.0 Å². The molecular weight excluding hydrogens is 526 g/mol. The molecule has 11 heteroatoms. The summed E-state index contributed by atoms with van der Waals surface area (Å²) in [5.74, 6) is -1.84. The molecule has 0 atom stereocenters. The second kappa shape index (κ2) is 9.58. The molecule has 0 saturated heterocycles. The molecule has 0 N–H and O–H groups in total. The summed E-state index contributed by atoms with van der Waals surface area (Å²) in [4.78, 5) is 12.3. The van der Waals surface area contributed by atoms with Gasteiger partial charge in [0.15, 0.2) is 0 Å². The lowest BCUT2D eigenvalue weighted by atomic mass is 9.95. The van der Waals surface area contributed by atoms with Crippen LogP contribution in [0.4, 0.5) is 8.78 Å². The zero-order valence-electron chi connectivity index (χ0n) is 21.9. The summed E-state index contributed by atoms with van der Waals surface area (Å²) < 4.78 is 63.5. The van der Waals surface area contributed by atoms with Crippen LogP contribution < -0.4 is 0 Å². The smallest absolute Gasteiger partial charge is 0.337 e. The van der Waals surface area contributed by atoms with E-state index in [2.05, 4.69) is 5.10 Å². The number of esters is 1. The number of hydrogen-bond acceptors (Lipinski definition) is 5. The minimum Gasteiger partial charge on any atom is -0.465 e. The maximum Gasteiger partial charge on any atom is 0.337 e. The Morgan fingerprint density at radius 1 is 0.974 bits per heavy atom. The van der Waals surface area contributed by atoms with E-state index in [0.29, 0.717) is 38.6 Å². The number of carbonyl (C=O) groups is 1. The van der Waals surface area contributed by atoms with Crippen LogP contribution in [0.2, 0.25) is 0 Å². The van der Waals surface area contributed by atoms with Crippen LogP contribution in [0, 0.1) is 11.6 Å². The molecular formula is C28H26F2N4O4S. The van der Waals surface area contributed by atoms with Crippen molar-refractivity contribution in [2.24, 2.45) is 0 Å². The van der Waals surface area contributed by atoms with Gasteiger partial charge in [0.2, 0.25) is 0 Å². The van der Waals surface area contributed by atoms with E-state index in [4.69, 9.17) is 4.74 Å². The molecule has 39 heavy (non-hydrogen) atoms. The lowest BCUT2D eigenvalue weighted by molar-refractivity contribution is 0.0600. The van der Waals surface area contributed by atoms with E-state index in [-0.39, 0.29) is 11.5 Å². The van der Waals surface area contributed by atoms with Gasteiger partial charge >= 0.3 is 16.2 Å². The van der Waals surface area contributed by atoms with Gasteiger partial charge in [-0.25, -0.2) is 13.6 Å². The lowest BCUT2D eigenvalue weighted by Gasteiger charge is -2.16. The molecule has 5 rings (SSSR count). The molecule has 0 radical (unpaired) electrons. The van der Waals surface area contributed by atoms with Gasteiger partial charge in [-0.15, -0.1) is 4.09 Å². The molecule has 0 saturated carbocycles. The molecule has 0 amide bonds. The number of halogens is 2. The standard InChI is InChI=1S/C28H26F2N4O4S/c1-16(2)27-26(17-10-18(28(35)38-5)12-21(30)11-17)23-14-24-19(15-31-34(24)39(36,37)32(3)4)13-25(23)33(27)22-8-6-20(29)7-9-22/h6-16H,1-5H3. The molecule has 2 heterocycles. The Bertz CT molecular complexity index is 1860. The highest BCUT2D eigenvalue weighted by Gasteiger charge is 2.26. The van der Waals surface area contributed by atoms with Crippen LogP contribution in [0.5, 0.6) is 0 Å². The number of ether oxygens (including phenoxy) is 1. The minimum absolute atomic E-state index is 0.0335. The van der Waals surface area contributed by atoms with Gasteiger partial charge in [0.25, 0.3) is 0 Å². The number of benzene rings is 3. The van der Waals surface area contributed by atoms with Crippen molar-refractivity contribution >= 4 is 38.0 Å². The third kappa shape index (κ3) is 4.37. The lowest BCUT2D eigenvalue weighted by Crippen LogP contribution is -2.29. The summed E-state index contributed by atoms with van der Waals surface area (Å²) in [5.41, 5.74) is 3.48. The normalized spacial score (nSPS) is 12.2. The summed E-state index contributed by atoms with van der Waals surface area (Å²) in [6.07, 6.45) is 1.46. The van der Waals surface area contributed by atoms with Crippen molar-refractivity contribution in [1.82, 2.24) is 18.1 Å². The maximum absolute atomic E-state index is 14.9. The zero-order chi connectivity index (χ0) is 28.2. The molecule has 0 unspecified atom stereocenters. The number of methoxy groups -OCH3 is 1. The molecule has 0 aliphatic carbocycles. The molecule has 0 aliphatic heterocycles. The van der Waals surface area contributed by atoms with Crippen molar-refractivity contribution in [2.45, 2.75) is 19.8 Å². The molecule has 0 bridgehead atoms. The first-order valence-corrected chi connectivity index (χ1v) is 13.5. The number of fused-ring (bicyclic) bond motifs is 2. The van der Waals surface area contributed by atoms with Crippen molar-refractivity contribution < 1.29 is 26.7 Å². The largest absolute Gasteiger partial charge is 0.465 e. The van der Waals surface area contributed by atoms with Crippen LogP contribution in [0.25, 0.3) is 38.6 Å². The Hall–Kier alpha value is -4.09. The minimum atomic E-state index is -3.94. The Kier molecular flexibility index (Phi) is 6.51. The molecule has 0 spiro atoms. The fraction of sp³-hybridized carbons (Fsp3) is 0.214. The van der Waals surface area contributed by atoms with E-state index in [1.165, 1.54) is 45.6 Å². The van der Waals surface area contributed by atoms with Gasteiger partial charge < -0.3 is 9.30 Å². The number of carbonyl (C=O) groups excluding carboxylic acids is 1. The fourth-order valence-electron chi connectivity index (χ4n) is 4.83.